The molecule has 0 radical (unpaired) electrons. The average molecular weight is 376 g/mol. The number of hydrogen-bond donors (Lipinski definition) is 2. The van der Waals surface area contributed by atoms with Gasteiger partial charge in [-0.25, -0.2) is 9.97 Å². The topological polar surface area (TPSA) is 93.2 Å². The predicted molar refractivity (Wildman–Crippen MR) is 105 cm³/mol. The summed E-state index contributed by atoms with van der Waals surface area (Å²) >= 11 is 0. The summed E-state index contributed by atoms with van der Waals surface area (Å²) in [6.45, 7) is 0.658. The molecule has 2 aromatic carbocycles. The highest BCUT2D eigenvalue weighted by Gasteiger charge is 2.07. The third-order valence-electron chi connectivity index (χ3n) is 4.09. The monoisotopic (exact) mass is 376 g/mol. The number of nitrogens with one attached hydrogen (secondary N) is 2. The van der Waals surface area contributed by atoms with E-state index in [0.717, 1.165) is 11.1 Å². The van der Waals surface area contributed by atoms with Crippen LogP contribution in [0.3, 0.4) is 0 Å². The van der Waals surface area contributed by atoms with Gasteiger partial charge in [-0.05, 0) is 42.0 Å². The summed E-state index contributed by atoms with van der Waals surface area (Å²) in [7, 11) is 1.57. The molecule has 28 heavy (non-hydrogen) atoms. The number of carbonyl (C=O) groups is 2. The molecule has 0 spiro atoms. The number of rotatable bonds is 7. The fraction of sp³-hybridized carbons (Fsp3) is 0.143. The highest BCUT2D eigenvalue weighted by Crippen LogP contribution is 2.17. The maximum atomic E-state index is 12.2. The molecule has 1 heterocycles. The van der Waals surface area contributed by atoms with E-state index in [1.165, 1.54) is 6.33 Å². The third kappa shape index (κ3) is 4.91. The zero-order chi connectivity index (χ0) is 19.8. The minimum absolute atomic E-state index is 0.199. The molecule has 1 aromatic heterocycles. The van der Waals surface area contributed by atoms with E-state index in [1.54, 1.807) is 55.9 Å². The first-order valence-electron chi connectivity index (χ1n) is 8.73. The molecule has 0 saturated heterocycles. The van der Waals surface area contributed by atoms with Crippen LogP contribution in [0, 0.1) is 0 Å². The number of benzene rings is 2. The van der Waals surface area contributed by atoms with Gasteiger partial charge in [0.1, 0.15) is 12.1 Å². The van der Waals surface area contributed by atoms with Crippen LogP contribution in [-0.4, -0.2) is 42.0 Å². The summed E-state index contributed by atoms with van der Waals surface area (Å²) in [5.74, 6) is 0.288. The fourth-order valence-corrected chi connectivity index (χ4v) is 2.56. The Morgan fingerprint density at radius 1 is 0.786 bits per heavy atom. The minimum atomic E-state index is -0.202. The van der Waals surface area contributed by atoms with Crippen LogP contribution in [0.5, 0.6) is 5.75 Å². The maximum Gasteiger partial charge on any atom is 0.251 e. The van der Waals surface area contributed by atoms with Crippen molar-refractivity contribution >= 4 is 11.8 Å². The molecule has 2 amide bonds. The summed E-state index contributed by atoms with van der Waals surface area (Å²) in [6, 6.07) is 14.0. The highest BCUT2D eigenvalue weighted by atomic mass is 16.5. The van der Waals surface area contributed by atoms with Crippen molar-refractivity contribution in [1.29, 1.82) is 0 Å². The predicted octanol–water partition coefficient (Wildman–Crippen LogP) is 2.31. The number of hydrogen-bond acceptors (Lipinski definition) is 5. The van der Waals surface area contributed by atoms with Crippen molar-refractivity contribution in [2.45, 2.75) is 0 Å². The van der Waals surface area contributed by atoms with Gasteiger partial charge in [0, 0.05) is 42.2 Å². The molecule has 0 aliphatic rings. The van der Waals surface area contributed by atoms with Gasteiger partial charge in [-0.3, -0.25) is 9.59 Å². The lowest BCUT2D eigenvalue weighted by Crippen LogP contribution is -2.34. The van der Waals surface area contributed by atoms with Gasteiger partial charge in [-0.2, -0.15) is 0 Å². The quantitative estimate of drug-likeness (QED) is 0.617. The first-order valence-corrected chi connectivity index (χ1v) is 8.73. The Balaban J connectivity index is 1.45. The standard InChI is InChI=1S/C21H20N4O3/c1-28-19-8-6-17(7-9-19)21(27)25-11-10-24-20(26)16-4-2-15(3-5-16)18-12-22-14-23-13-18/h2-9,12-14H,10-11H2,1H3,(H,24,26)(H,25,27). The lowest BCUT2D eigenvalue weighted by atomic mass is 10.1. The highest BCUT2D eigenvalue weighted by molar-refractivity contribution is 5.95. The Morgan fingerprint density at radius 2 is 1.29 bits per heavy atom. The van der Waals surface area contributed by atoms with E-state index in [9.17, 15) is 9.59 Å². The van der Waals surface area contributed by atoms with Crippen LogP contribution in [-0.2, 0) is 0 Å². The molecule has 142 valence electrons. The maximum absolute atomic E-state index is 12.2. The molecule has 2 N–H and O–H groups in total. The van der Waals surface area contributed by atoms with E-state index in [0.29, 0.717) is 30.0 Å². The molecule has 3 aromatic rings. The lowest BCUT2D eigenvalue weighted by Gasteiger charge is -2.08. The van der Waals surface area contributed by atoms with E-state index in [-0.39, 0.29) is 11.8 Å². The summed E-state index contributed by atoms with van der Waals surface area (Å²) < 4.78 is 5.06. The van der Waals surface area contributed by atoms with Crippen LogP contribution in [0.2, 0.25) is 0 Å². The van der Waals surface area contributed by atoms with Gasteiger partial charge in [0.25, 0.3) is 11.8 Å². The van der Waals surface area contributed by atoms with E-state index < -0.39 is 0 Å². The minimum Gasteiger partial charge on any atom is -0.497 e. The molecule has 0 fully saturated rings. The van der Waals surface area contributed by atoms with Crippen LogP contribution in [0.4, 0.5) is 0 Å². The molecule has 0 aliphatic carbocycles. The van der Waals surface area contributed by atoms with Crippen molar-refractivity contribution in [2.75, 3.05) is 20.2 Å². The summed E-state index contributed by atoms with van der Waals surface area (Å²) in [5, 5.41) is 5.55. The summed E-state index contributed by atoms with van der Waals surface area (Å²) in [4.78, 5) is 32.2. The fourth-order valence-electron chi connectivity index (χ4n) is 2.56. The molecule has 0 aliphatic heterocycles. The van der Waals surface area contributed by atoms with Gasteiger partial charge in [0.15, 0.2) is 0 Å². The lowest BCUT2D eigenvalue weighted by molar-refractivity contribution is 0.0927. The molecule has 0 bridgehead atoms. The normalized spacial score (nSPS) is 10.2. The van der Waals surface area contributed by atoms with Gasteiger partial charge in [-0.15, -0.1) is 0 Å². The Bertz CT molecular complexity index is 926. The average Bonchev–Trinajstić information content (AvgIpc) is 2.77. The van der Waals surface area contributed by atoms with Gasteiger partial charge >= 0.3 is 0 Å². The van der Waals surface area contributed by atoms with Crippen molar-refractivity contribution < 1.29 is 14.3 Å². The largest absolute Gasteiger partial charge is 0.497 e. The third-order valence-corrected chi connectivity index (χ3v) is 4.09. The number of amides is 2. The molecular weight excluding hydrogens is 356 g/mol. The van der Waals surface area contributed by atoms with Crippen molar-refractivity contribution in [3.8, 4) is 16.9 Å². The van der Waals surface area contributed by atoms with Crippen LogP contribution >= 0.6 is 0 Å². The van der Waals surface area contributed by atoms with Crippen molar-refractivity contribution in [1.82, 2.24) is 20.6 Å². The van der Waals surface area contributed by atoms with Gasteiger partial charge < -0.3 is 15.4 Å². The van der Waals surface area contributed by atoms with E-state index in [4.69, 9.17) is 4.74 Å². The number of nitrogens with zero attached hydrogens (tertiary/aromatic N) is 2. The van der Waals surface area contributed by atoms with E-state index in [2.05, 4.69) is 20.6 Å². The van der Waals surface area contributed by atoms with Gasteiger partial charge in [0.2, 0.25) is 0 Å². The molecule has 0 unspecified atom stereocenters. The summed E-state index contributed by atoms with van der Waals surface area (Å²) in [6.07, 6.45) is 4.90. The summed E-state index contributed by atoms with van der Waals surface area (Å²) in [5.41, 5.74) is 2.90. The molecule has 7 heteroatoms. The van der Waals surface area contributed by atoms with Gasteiger partial charge in [-0.1, -0.05) is 12.1 Å². The van der Waals surface area contributed by atoms with E-state index >= 15 is 0 Å². The number of ether oxygens (including phenoxy) is 1. The van der Waals surface area contributed by atoms with Gasteiger partial charge in [0.05, 0.1) is 7.11 Å². The smallest absolute Gasteiger partial charge is 0.251 e. The Morgan fingerprint density at radius 3 is 1.79 bits per heavy atom. The number of methoxy groups -OCH3 is 1. The zero-order valence-corrected chi connectivity index (χ0v) is 15.4. The second-order valence-electron chi connectivity index (χ2n) is 5.94. The molecule has 7 nitrogen and oxygen atoms in total. The number of carbonyl (C=O) groups excluding carboxylic acids is 2. The first-order chi connectivity index (χ1) is 13.7. The second-order valence-corrected chi connectivity index (χ2v) is 5.94. The van der Waals surface area contributed by atoms with Crippen LogP contribution in [0.25, 0.3) is 11.1 Å². The van der Waals surface area contributed by atoms with Crippen molar-refractivity contribution in [3.63, 3.8) is 0 Å². The first kappa shape index (κ1) is 19.0. The SMILES string of the molecule is COc1ccc(C(=O)NCCNC(=O)c2ccc(-c3cncnc3)cc2)cc1. The second kappa shape index (κ2) is 9.27. The van der Waals surface area contributed by atoms with Crippen LogP contribution in [0.15, 0.2) is 67.3 Å². The Hall–Kier alpha value is -3.74. The zero-order valence-electron chi connectivity index (χ0n) is 15.4. The number of aromatic nitrogens is 2. The Labute approximate surface area is 162 Å². The molecule has 0 saturated carbocycles. The van der Waals surface area contributed by atoms with E-state index in [1.807, 2.05) is 12.1 Å². The molecule has 3 rings (SSSR count). The Kier molecular flexibility index (Phi) is 6.30. The van der Waals surface area contributed by atoms with Crippen molar-refractivity contribution in [2.24, 2.45) is 0 Å². The van der Waals surface area contributed by atoms with Crippen LogP contribution in [0.1, 0.15) is 20.7 Å². The van der Waals surface area contributed by atoms with Crippen molar-refractivity contribution in [3.05, 3.63) is 78.4 Å². The molecule has 0 atom stereocenters. The van der Waals surface area contributed by atoms with Crippen LogP contribution < -0.4 is 15.4 Å². The molecular formula is C21H20N4O3.